The summed E-state index contributed by atoms with van der Waals surface area (Å²) in [5, 5.41) is 0. The monoisotopic (exact) mass is 472 g/mol. The van der Waals surface area contributed by atoms with Crippen molar-refractivity contribution in [2.45, 2.75) is 43.1 Å². The van der Waals surface area contributed by atoms with Gasteiger partial charge in [-0.3, -0.25) is 0 Å². The predicted octanol–water partition coefficient (Wildman–Crippen LogP) is 3.09. The molecule has 9 heteroatoms. The van der Waals surface area contributed by atoms with Gasteiger partial charge >= 0.3 is 0 Å². The summed E-state index contributed by atoms with van der Waals surface area (Å²) in [5.74, 6) is 0. The van der Waals surface area contributed by atoms with E-state index in [2.05, 4.69) is 22.0 Å². The maximum absolute atomic E-state index is 12.4. The summed E-state index contributed by atoms with van der Waals surface area (Å²) >= 11 is 5.55. The van der Waals surface area contributed by atoms with E-state index < -0.39 is 15.4 Å². The normalized spacial score (nSPS) is 21.6. The average Bonchev–Trinajstić information content (AvgIpc) is 3.26. The third kappa shape index (κ3) is 4.85. The molecule has 1 aliphatic carbocycles. The van der Waals surface area contributed by atoms with Crippen LogP contribution in [0.3, 0.4) is 0 Å². The number of hydrogen-bond donors (Lipinski definition) is 2. The van der Waals surface area contributed by atoms with Gasteiger partial charge in [-0.05, 0) is 43.0 Å². The van der Waals surface area contributed by atoms with Crippen LogP contribution in [0, 0.1) is 5.41 Å². The van der Waals surface area contributed by atoms with Crippen LogP contribution in [0.5, 0.6) is 0 Å². The molecule has 0 amide bonds. The first kappa shape index (κ1) is 22.8. The molecule has 170 valence electrons. The van der Waals surface area contributed by atoms with Crippen molar-refractivity contribution >= 4 is 32.9 Å². The molecular formula is C23H28N4O3S2. The topological polar surface area (TPSA) is 98.7 Å². The molecule has 0 radical (unpaired) electrons. The Bertz CT molecular complexity index is 1180. The minimum Gasteiger partial charge on any atom is -0.393 e. The second kappa shape index (κ2) is 9.66. The van der Waals surface area contributed by atoms with Gasteiger partial charge in [-0.1, -0.05) is 49.3 Å². The third-order valence-corrected chi connectivity index (χ3v) is 8.07. The van der Waals surface area contributed by atoms with Gasteiger partial charge in [-0.25, -0.2) is 18.1 Å². The lowest BCUT2D eigenvalue weighted by molar-refractivity contribution is -0.0324. The molecule has 4 rings (SSSR count). The number of sulfonamides is 1. The standard InChI is InChI=1S/C23H28N4O3S2/c24-22(31)23(16-18-9-10-21-25-12-14-27(21)17-18)11-5-4-8-20(23)30-15-13-26-32(28,29)19-6-2-1-3-7-19/h1-3,6-7,9-10,12,14,17,20,26H,4-5,8,11,13,15-16H2,(H2,24,31). The molecule has 32 heavy (non-hydrogen) atoms. The summed E-state index contributed by atoms with van der Waals surface area (Å²) in [6.07, 6.45) is 10.0. The fourth-order valence-electron chi connectivity index (χ4n) is 4.52. The SMILES string of the molecule is NC(=S)C1(Cc2ccc3nccn3c2)CCCCC1OCCNS(=O)(=O)c1ccccc1. The molecule has 7 nitrogen and oxygen atoms in total. The van der Waals surface area contributed by atoms with E-state index in [4.69, 9.17) is 22.7 Å². The first-order chi connectivity index (χ1) is 15.4. The fourth-order valence-corrected chi connectivity index (χ4v) is 5.86. The van der Waals surface area contributed by atoms with Crippen molar-refractivity contribution in [3.05, 3.63) is 66.6 Å². The summed E-state index contributed by atoms with van der Waals surface area (Å²) in [7, 11) is -3.56. The molecular weight excluding hydrogens is 444 g/mol. The van der Waals surface area contributed by atoms with Crippen LogP contribution in [0.4, 0.5) is 0 Å². The average molecular weight is 473 g/mol. The van der Waals surface area contributed by atoms with Gasteiger partial charge in [0, 0.05) is 25.1 Å². The van der Waals surface area contributed by atoms with Gasteiger partial charge in [-0.15, -0.1) is 0 Å². The van der Waals surface area contributed by atoms with Crippen LogP contribution in [0.2, 0.25) is 0 Å². The second-order valence-electron chi connectivity index (χ2n) is 8.24. The van der Waals surface area contributed by atoms with Gasteiger partial charge in [0.1, 0.15) is 5.65 Å². The van der Waals surface area contributed by atoms with Gasteiger partial charge in [0.25, 0.3) is 0 Å². The minimum atomic E-state index is -3.56. The number of nitrogens with one attached hydrogen (secondary N) is 1. The Kier molecular flexibility index (Phi) is 6.90. The number of aromatic nitrogens is 2. The lowest BCUT2D eigenvalue weighted by Crippen LogP contribution is -2.50. The Labute approximate surface area is 194 Å². The van der Waals surface area contributed by atoms with Crippen LogP contribution in [0.15, 0.2) is 66.0 Å². The van der Waals surface area contributed by atoms with Gasteiger partial charge < -0.3 is 14.9 Å². The largest absolute Gasteiger partial charge is 0.393 e. The molecule has 3 N–H and O–H groups in total. The maximum atomic E-state index is 12.4. The summed E-state index contributed by atoms with van der Waals surface area (Å²) in [5.41, 5.74) is 7.85. The van der Waals surface area contributed by atoms with E-state index in [0.29, 0.717) is 11.4 Å². The van der Waals surface area contributed by atoms with E-state index in [9.17, 15) is 8.42 Å². The number of rotatable bonds is 9. The molecule has 2 atom stereocenters. The number of ether oxygens (including phenoxy) is 1. The smallest absolute Gasteiger partial charge is 0.240 e. The highest BCUT2D eigenvalue weighted by Crippen LogP contribution is 2.41. The predicted molar refractivity (Wildman–Crippen MR) is 128 cm³/mol. The molecule has 2 heterocycles. The molecule has 1 aromatic carbocycles. The Hall–Kier alpha value is -2.33. The molecule has 1 fully saturated rings. The number of imidazole rings is 1. The van der Waals surface area contributed by atoms with Gasteiger partial charge in [0.15, 0.2) is 0 Å². The first-order valence-electron chi connectivity index (χ1n) is 10.8. The maximum Gasteiger partial charge on any atom is 0.240 e. The molecule has 0 bridgehead atoms. The van der Waals surface area contributed by atoms with Crippen LogP contribution >= 0.6 is 12.2 Å². The zero-order chi connectivity index (χ0) is 22.6. The molecule has 2 unspecified atom stereocenters. The number of fused-ring (bicyclic) bond motifs is 1. The van der Waals surface area contributed by atoms with Crippen LogP contribution in [0.1, 0.15) is 31.2 Å². The van der Waals surface area contributed by atoms with E-state index >= 15 is 0 Å². The number of nitrogens with zero attached hydrogens (tertiary/aromatic N) is 2. The highest BCUT2D eigenvalue weighted by Gasteiger charge is 2.44. The van der Waals surface area contributed by atoms with Crippen LogP contribution in [-0.4, -0.2) is 42.0 Å². The minimum absolute atomic E-state index is 0.159. The van der Waals surface area contributed by atoms with Gasteiger partial charge in [0.05, 0.1) is 28.0 Å². The summed E-state index contributed by atoms with van der Waals surface area (Å²) < 4.78 is 35.7. The molecule has 1 aliphatic rings. The van der Waals surface area contributed by atoms with Gasteiger partial charge in [-0.2, -0.15) is 0 Å². The van der Waals surface area contributed by atoms with Crippen molar-refractivity contribution in [3.63, 3.8) is 0 Å². The Morgan fingerprint density at radius 1 is 1.25 bits per heavy atom. The van der Waals surface area contributed by atoms with Crippen LogP contribution in [-0.2, 0) is 21.2 Å². The van der Waals surface area contributed by atoms with Crippen molar-refractivity contribution in [2.24, 2.45) is 11.1 Å². The third-order valence-electron chi connectivity index (χ3n) is 6.18. The van der Waals surface area contributed by atoms with E-state index in [-0.39, 0.29) is 24.2 Å². The summed E-state index contributed by atoms with van der Waals surface area (Å²) in [6, 6.07) is 12.4. The fraction of sp³-hybridized carbons (Fsp3) is 0.391. The Balaban J connectivity index is 1.44. The molecule has 0 spiro atoms. The summed E-state index contributed by atoms with van der Waals surface area (Å²) in [4.78, 5) is 4.99. The van der Waals surface area contributed by atoms with Gasteiger partial charge in [0.2, 0.25) is 10.0 Å². The number of pyridine rings is 1. The zero-order valence-corrected chi connectivity index (χ0v) is 19.4. The molecule has 1 saturated carbocycles. The zero-order valence-electron chi connectivity index (χ0n) is 17.8. The number of hydrogen-bond acceptors (Lipinski definition) is 5. The van der Waals surface area contributed by atoms with E-state index in [1.807, 2.05) is 16.7 Å². The highest BCUT2D eigenvalue weighted by molar-refractivity contribution is 7.89. The second-order valence-corrected chi connectivity index (χ2v) is 10.5. The summed E-state index contributed by atoms with van der Waals surface area (Å²) in [6.45, 7) is 0.434. The lowest BCUT2D eigenvalue weighted by atomic mass is 9.68. The quantitative estimate of drug-likeness (QED) is 0.367. The molecule has 0 saturated heterocycles. The van der Waals surface area contributed by atoms with Crippen molar-refractivity contribution in [1.29, 1.82) is 0 Å². The van der Waals surface area contributed by atoms with Crippen molar-refractivity contribution < 1.29 is 13.2 Å². The lowest BCUT2D eigenvalue weighted by Gasteiger charge is -2.43. The van der Waals surface area contributed by atoms with Crippen molar-refractivity contribution in [2.75, 3.05) is 13.2 Å². The molecule has 3 aromatic rings. The first-order valence-corrected chi connectivity index (χ1v) is 12.7. The van der Waals surface area contributed by atoms with E-state index in [0.717, 1.165) is 36.9 Å². The number of thiocarbonyl (C=S) groups is 1. The number of benzene rings is 1. The van der Waals surface area contributed by atoms with Crippen molar-refractivity contribution in [3.8, 4) is 0 Å². The Morgan fingerprint density at radius 3 is 2.84 bits per heavy atom. The van der Waals surface area contributed by atoms with E-state index in [1.165, 1.54) is 0 Å². The van der Waals surface area contributed by atoms with Crippen LogP contribution in [0.25, 0.3) is 5.65 Å². The van der Waals surface area contributed by atoms with Crippen molar-refractivity contribution in [1.82, 2.24) is 14.1 Å². The highest BCUT2D eigenvalue weighted by atomic mass is 32.2. The van der Waals surface area contributed by atoms with E-state index in [1.54, 1.807) is 36.5 Å². The number of nitrogens with two attached hydrogens (primary N) is 1. The Morgan fingerprint density at radius 2 is 2.06 bits per heavy atom. The van der Waals surface area contributed by atoms with Crippen LogP contribution < -0.4 is 10.5 Å². The molecule has 0 aliphatic heterocycles. The molecule has 2 aromatic heterocycles.